The van der Waals surface area contributed by atoms with Gasteiger partial charge >= 0.3 is 0 Å². The zero-order chi connectivity index (χ0) is 49.5. The van der Waals surface area contributed by atoms with Crippen LogP contribution in [0.25, 0.3) is 37.9 Å². The van der Waals surface area contributed by atoms with Crippen LogP contribution in [0.2, 0.25) is 0 Å². The first-order valence-electron chi connectivity index (χ1n) is 23.5. The molecule has 9 rings (SSSR count). The van der Waals surface area contributed by atoms with Crippen LogP contribution in [0.1, 0.15) is 88.5 Å². The number of alkyl halides is 1. The summed E-state index contributed by atoms with van der Waals surface area (Å²) >= 11 is 2.99. The van der Waals surface area contributed by atoms with Crippen LogP contribution < -0.4 is 20.9 Å². The molecule has 1 saturated carbocycles. The Labute approximate surface area is 412 Å². The van der Waals surface area contributed by atoms with Gasteiger partial charge in [0.15, 0.2) is 16.5 Å². The molecule has 3 fully saturated rings. The fourth-order valence-electron chi connectivity index (χ4n) is 9.35. The Morgan fingerprint density at radius 3 is 2.44 bits per heavy atom. The predicted molar refractivity (Wildman–Crippen MR) is 265 cm³/mol. The number of ketones is 1. The number of carbonyl (C=O) groups excluding carboxylic acids is 4. The zero-order valence-corrected chi connectivity index (χ0v) is 41.2. The van der Waals surface area contributed by atoms with E-state index >= 15 is 0 Å². The van der Waals surface area contributed by atoms with E-state index in [2.05, 4.69) is 47.2 Å². The number of rotatable bonds is 15. The summed E-state index contributed by atoms with van der Waals surface area (Å²) in [5, 5.41) is 44.2. The van der Waals surface area contributed by atoms with Crippen LogP contribution in [0, 0.1) is 23.7 Å². The molecule has 4 atom stereocenters. The molecule has 1 aromatic carbocycles. The van der Waals surface area contributed by atoms with Gasteiger partial charge in [-0.25, -0.2) is 13.9 Å². The van der Waals surface area contributed by atoms with E-state index in [1.54, 1.807) is 43.1 Å². The Balaban J connectivity index is 0.859. The van der Waals surface area contributed by atoms with Crippen molar-refractivity contribution in [2.24, 2.45) is 5.41 Å². The lowest BCUT2D eigenvalue weighted by molar-refractivity contribution is -0.144. The lowest BCUT2D eigenvalue weighted by atomic mass is 9.84. The Morgan fingerprint density at radius 1 is 1.01 bits per heavy atom. The Kier molecular flexibility index (Phi) is 13.5. The molecule has 7 heterocycles. The van der Waals surface area contributed by atoms with Gasteiger partial charge in [0.05, 0.1) is 62.5 Å². The first kappa shape index (κ1) is 48.3. The number of nitrogens with zero attached hydrogens (tertiary/aromatic N) is 9. The van der Waals surface area contributed by atoms with Crippen LogP contribution >= 0.6 is 22.7 Å². The largest absolute Gasteiger partial charge is 0.391 e. The highest BCUT2D eigenvalue weighted by Gasteiger charge is 2.53. The number of aryl methyl sites for hydroxylation is 1. The van der Waals surface area contributed by atoms with Crippen molar-refractivity contribution in [3.05, 3.63) is 83.3 Å². The number of halogens is 1. The molecule has 3 aliphatic rings. The number of piperidine rings is 1. The van der Waals surface area contributed by atoms with Gasteiger partial charge in [0.2, 0.25) is 16.9 Å². The van der Waals surface area contributed by atoms with Gasteiger partial charge in [0.25, 0.3) is 5.91 Å². The molecule has 5 aromatic heterocycles. The van der Waals surface area contributed by atoms with Crippen LogP contribution in [0.4, 0.5) is 15.2 Å². The van der Waals surface area contributed by atoms with Crippen LogP contribution in [0.3, 0.4) is 0 Å². The van der Waals surface area contributed by atoms with Crippen LogP contribution in [0.5, 0.6) is 0 Å². The maximum Gasteiger partial charge on any atom is 0.258 e. The maximum absolute atomic E-state index is 14.8. The molecule has 6 aromatic rings. The molecular formula is C50H55FN12O5S2. The molecule has 2 saturated heterocycles. The minimum Gasteiger partial charge on any atom is -0.391 e. The summed E-state index contributed by atoms with van der Waals surface area (Å²) in [5.41, 5.74) is 5.98. The Morgan fingerprint density at radius 2 is 1.77 bits per heavy atom. The van der Waals surface area contributed by atoms with E-state index in [1.807, 2.05) is 56.4 Å². The number of fused-ring (bicyclic) bond motifs is 1. The van der Waals surface area contributed by atoms with Gasteiger partial charge in [-0.05, 0) is 79.3 Å². The molecule has 17 nitrogen and oxygen atoms in total. The minimum absolute atomic E-state index is 0.00707. The van der Waals surface area contributed by atoms with Crippen molar-refractivity contribution in [1.29, 1.82) is 5.26 Å². The summed E-state index contributed by atoms with van der Waals surface area (Å²) in [4.78, 5) is 69.1. The van der Waals surface area contributed by atoms with E-state index in [-0.39, 0.29) is 56.4 Å². The summed E-state index contributed by atoms with van der Waals surface area (Å²) in [6.07, 6.45) is 3.75. The average molecular weight is 987 g/mol. The lowest BCUT2D eigenvalue weighted by Crippen LogP contribution is -2.58. The number of β-amino-alcohol motifs (C(OH)–C–C–N with tert-alkyl or cyclic N) is 1. The predicted octanol–water partition coefficient (Wildman–Crippen LogP) is 6.47. The highest BCUT2D eigenvalue weighted by Crippen LogP contribution is 2.41. The molecule has 0 radical (unpaired) electrons. The van der Waals surface area contributed by atoms with Crippen molar-refractivity contribution in [2.45, 2.75) is 108 Å². The number of carbonyl (C=O) groups is 4. The second kappa shape index (κ2) is 19.6. The lowest BCUT2D eigenvalue weighted by Gasteiger charge is -2.36. The SMILES string of the molecule is CNc1cc(-c2ccc3cc(C#N)cnn23)ncc1-c1nnc(N2CCC(NC(=O)C[C@H](CC(=O)[C@@H]3C[C@@H](O)CN3C(=O)[C@@H](NC(=O)C3(F)CC3)C(C)(C)C)c3ccc(-c4scnc4C)cc3)CC2)s1. The van der Waals surface area contributed by atoms with Gasteiger partial charge in [-0.1, -0.05) is 56.4 Å². The van der Waals surface area contributed by atoms with E-state index < -0.39 is 47.0 Å². The molecule has 4 N–H and O–H groups in total. The van der Waals surface area contributed by atoms with Crippen LogP contribution in [-0.4, -0.2) is 120 Å². The molecule has 0 bridgehead atoms. The third-order valence-corrected chi connectivity index (χ3v) is 15.5. The Bertz CT molecular complexity index is 2980. The minimum atomic E-state index is -2.00. The smallest absolute Gasteiger partial charge is 0.258 e. The first-order valence-corrected chi connectivity index (χ1v) is 25.2. The van der Waals surface area contributed by atoms with Crippen LogP contribution in [0.15, 0.2) is 66.4 Å². The van der Waals surface area contributed by atoms with Gasteiger partial charge in [-0.2, -0.15) is 10.4 Å². The highest BCUT2D eigenvalue weighted by atomic mass is 32.1. The highest BCUT2D eigenvalue weighted by molar-refractivity contribution is 7.18. The number of nitriles is 1. The van der Waals surface area contributed by atoms with Crippen molar-refractivity contribution in [3.8, 4) is 38.5 Å². The van der Waals surface area contributed by atoms with Gasteiger partial charge in [0, 0.05) is 63.9 Å². The average Bonchev–Trinajstić information content (AvgIpc) is 3.83. The number of nitrogens with one attached hydrogen (secondary N) is 3. The van der Waals surface area contributed by atoms with E-state index in [1.165, 1.54) is 33.8 Å². The summed E-state index contributed by atoms with van der Waals surface area (Å²) in [7, 11) is 1.84. The summed E-state index contributed by atoms with van der Waals surface area (Å²) < 4.78 is 16.5. The van der Waals surface area contributed by atoms with Crippen molar-refractivity contribution in [1.82, 2.24) is 45.3 Å². The molecule has 20 heteroatoms. The number of hydrogen-bond acceptors (Lipinski definition) is 15. The number of thiazole rings is 1. The normalized spacial score (nSPS) is 18.8. The molecule has 0 spiro atoms. The topological polar surface area (TPSA) is 224 Å². The maximum atomic E-state index is 14.8. The fraction of sp³-hybridized carbons (Fsp3) is 0.440. The number of likely N-dealkylation sites (tertiary alicyclic amines) is 1. The van der Waals surface area contributed by atoms with Gasteiger partial charge in [-0.15, -0.1) is 21.5 Å². The fourth-order valence-corrected chi connectivity index (χ4v) is 11.1. The van der Waals surface area contributed by atoms with E-state index in [0.29, 0.717) is 42.2 Å². The van der Waals surface area contributed by atoms with Crippen molar-refractivity contribution in [3.63, 3.8) is 0 Å². The number of aromatic nitrogens is 6. The number of pyridine rings is 1. The number of benzene rings is 1. The molecule has 1 aliphatic carbocycles. The quantitative estimate of drug-likeness (QED) is 0.0867. The van der Waals surface area contributed by atoms with Crippen LogP contribution in [-0.2, 0) is 19.2 Å². The number of Topliss-reactive ketones (excluding diaryl/α,β-unsaturated/α-hetero) is 1. The third-order valence-electron chi connectivity index (χ3n) is 13.5. The molecule has 364 valence electrons. The van der Waals surface area contributed by atoms with Gasteiger partial charge < -0.3 is 30.9 Å². The van der Waals surface area contributed by atoms with E-state index in [4.69, 9.17) is 4.98 Å². The zero-order valence-electron chi connectivity index (χ0n) is 39.6. The van der Waals surface area contributed by atoms with Crippen molar-refractivity contribution in [2.75, 3.05) is 36.9 Å². The van der Waals surface area contributed by atoms with Crippen molar-refractivity contribution < 1.29 is 28.7 Å². The summed E-state index contributed by atoms with van der Waals surface area (Å²) in [5.74, 6) is -2.47. The monoisotopic (exact) mass is 986 g/mol. The van der Waals surface area contributed by atoms with Gasteiger partial charge in [-0.3, -0.25) is 24.2 Å². The number of hydrogen-bond donors (Lipinski definition) is 4. The van der Waals surface area contributed by atoms with Crippen molar-refractivity contribution >= 4 is 62.5 Å². The molecule has 3 amide bonds. The third kappa shape index (κ3) is 10.1. The number of amides is 3. The van der Waals surface area contributed by atoms with E-state index in [0.717, 1.165) is 49.3 Å². The number of aliphatic hydroxyl groups excluding tert-OH is 1. The number of anilines is 2. The standard InChI is InChI=1S/C50H55FN12O5S2/c1-28-43(69-27-55-28)31-8-6-30(7-9-31)32(19-41(65)40-21-35(64)26-62(40)46(67)44(49(2,3)4)58-47(68)50(51)14-15-50)20-42(66)57-33-12-16-61(17-13-33)48-60-59-45(70-48)36-25-54-38(22-37(36)53-5)39-11-10-34-18-29(23-52)24-56-63(34)39/h6-11,18,22,24-25,27,32-33,35,40,44,64H,12-17,19-21,26H2,1-5H3,(H,53,54)(H,57,66)(H,58,68)/t32-,35+,40-,44+/m0/s1. The summed E-state index contributed by atoms with van der Waals surface area (Å²) in [6.45, 7) is 8.39. The molecule has 2 aliphatic heterocycles. The summed E-state index contributed by atoms with van der Waals surface area (Å²) in [6, 6.07) is 15.2. The molecular weight excluding hydrogens is 932 g/mol. The molecule has 70 heavy (non-hydrogen) atoms. The second-order valence-electron chi connectivity index (χ2n) is 19.6. The second-order valence-corrected chi connectivity index (χ2v) is 21.4. The Hall–Kier alpha value is -6.69. The molecule has 0 unspecified atom stereocenters. The van der Waals surface area contributed by atoms with E-state index in [9.17, 15) is 33.9 Å². The number of aliphatic hydroxyl groups is 1. The first-order chi connectivity index (χ1) is 33.5. The van der Waals surface area contributed by atoms with Gasteiger partial charge in [0.1, 0.15) is 12.1 Å².